The molecule has 0 bridgehead atoms. The van der Waals surface area contributed by atoms with Gasteiger partial charge < -0.3 is 10.6 Å². The van der Waals surface area contributed by atoms with Crippen LogP contribution in [-0.4, -0.2) is 16.5 Å². The lowest BCUT2D eigenvalue weighted by Crippen LogP contribution is -2.18. The summed E-state index contributed by atoms with van der Waals surface area (Å²) in [4.78, 5) is 10.8. The van der Waals surface area contributed by atoms with E-state index in [0.29, 0.717) is 12.5 Å². The quantitative estimate of drug-likeness (QED) is 0.896. The molecule has 2 N–H and O–H groups in total. The van der Waals surface area contributed by atoms with Crippen LogP contribution in [0.25, 0.3) is 0 Å². The van der Waals surface area contributed by atoms with Gasteiger partial charge in [-0.25, -0.2) is 14.4 Å². The third-order valence-corrected chi connectivity index (χ3v) is 3.29. The SMILES string of the molecule is Cc1cc(CN)nc(N2CCc3ccc(F)cc32)n1. The Hall–Kier alpha value is -2.01. The maximum absolute atomic E-state index is 13.4. The first-order valence-corrected chi connectivity index (χ1v) is 6.28. The first-order valence-electron chi connectivity index (χ1n) is 6.28. The molecule has 4 nitrogen and oxygen atoms in total. The molecule has 1 aliphatic heterocycles. The second-order valence-electron chi connectivity index (χ2n) is 4.68. The fraction of sp³-hybridized carbons (Fsp3) is 0.286. The second-order valence-corrected chi connectivity index (χ2v) is 4.68. The van der Waals surface area contributed by atoms with E-state index in [1.54, 1.807) is 0 Å². The zero-order valence-electron chi connectivity index (χ0n) is 10.7. The van der Waals surface area contributed by atoms with Gasteiger partial charge in [0.15, 0.2) is 0 Å². The fourth-order valence-electron chi connectivity index (χ4n) is 2.40. The third kappa shape index (κ3) is 2.17. The summed E-state index contributed by atoms with van der Waals surface area (Å²) in [5, 5.41) is 0. The second kappa shape index (κ2) is 4.59. The fourth-order valence-corrected chi connectivity index (χ4v) is 2.40. The van der Waals surface area contributed by atoms with Crippen LogP contribution in [0.2, 0.25) is 0 Å². The number of halogens is 1. The first-order chi connectivity index (χ1) is 9.17. The number of benzene rings is 1. The van der Waals surface area contributed by atoms with Gasteiger partial charge in [-0.2, -0.15) is 0 Å². The summed E-state index contributed by atoms with van der Waals surface area (Å²) in [6.07, 6.45) is 0.880. The van der Waals surface area contributed by atoms with Gasteiger partial charge in [0, 0.05) is 18.8 Å². The van der Waals surface area contributed by atoms with Gasteiger partial charge in [0.05, 0.1) is 11.4 Å². The highest BCUT2D eigenvalue weighted by molar-refractivity contribution is 5.65. The maximum Gasteiger partial charge on any atom is 0.230 e. The van der Waals surface area contributed by atoms with Crippen molar-refractivity contribution in [3.63, 3.8) is 0 Å². The summed E-state index contributed by atoms with van der Waals surface area (Å²) in [6, 6.07) is 6.72. The van der Waals surface area contributed by atoms with Gasteiger partial charge in [0.2, 0.25) is 5.95 Å². The molecule has 2 aromatic rings. The predicted octanol–water partition coefficient (Wildman–Crippen LogP) is 2.08. The van der Waals surface area contributed by atoms with Crippen LogP contribution in [0.4, 0.5) is 16.0 Å². The van der Waals surface area contributed by atoms with Crippen molar-refractivity contribution in [2.75, 3.05) is 11.4 Å². The van der Waals surface area contributed by atoms with Gasteiger partial charge in [-0.05, 0) is 37.1 Å². The van der Waals surface area contributed by atoms with Crippen molar-refractivity contribution in [3.8, 4) is 0 Å². The van der Waals surface area contributed by atoms with Crippen molar-refractivity contribution in [2.45, 2.75) is 19.9 Å². The summed E-state index contributed by atoms with van der Waals surface area (Å²) in [6.45, 7) is 3.05. The standard InChI is InChI=1S/C14H15FN4/c1-9-6-12(8-16)18-14(17-9)19-5-4-10-2-3-11(15)7-13(10)19/h2-3,6-7H,4-5,8,16H2,1H3. The molecule has 1 aromatic carbocycles. The Morgan fingerprint density at radius 2 is 2.16 bits per heavy atom. The minimum atomic E-state index is -0.239. The molecular weight excluding hydrogens is 243 g/mol. The van der Waals surface area contributed by atoms with Crippen LogP contribution in [0.3, 0.4) is 0 Å². The number of aryl methyl sites for hydroxylation is 1. The molecule has 0 saturated carbocycles. The molecule has 1 aromatic heterocycles. The zero-order valence-corrected chi connectivity index (χ0v) is 10.7. The summed E-state index contributed by atoms with van der Waals surface area (Å²) >= 11 is 0. The van der Waals surface area contributed by atoms with E-state index >= 15 is 0 Å². The highest BCUT2D eigenvalue weighted by Crippen LogP contribution is 2.33. The molecule has 19 heavy (non-hydrogen) atoms. The smallest absolute Gasteiger partial charge is 0.230 e. The van der Waals surface area contributed by atoms with Crippen LogP contribution in [0.5, 0.6) is 0 Å². The van der Waals surface area contributed by atoms with Crippen LogP contribution in [0.15, 0.2) is 24.3 Å². The highest BCUT2D eigenvalue weighted by Gasteiger charge is 2.23. The van der Waals surface area contributed by atoms with E-state index in [1.165, 1.54) is 12.1 Å². The van der Waals surface area contributed by atoms with E-state index in [4.69, 9.17) is 5.73 Å². The monoisotopic (exact) mass is 258 g/mol. The molecular formula is C14H15FN4. The molecule has 0 spiro atoms. The lowest BCUT2D eigenvalue weighted by atomic mass is 10.2. The average Bonchev–Trinajstić information content (AvgIpc) is 2.80. The summed E-state index contributed by atoms with van der Waals surface area (Å²) in [5.74, 6) is 0.363. The summed E-state index contributed by atoms with van der Waals surface area (Å²) < 4.78 is 13.4. The number of hydrogen-bond donors (Lipinski definition) is 1. The van der Waals surface area contributed by atoms with Gasteiger partial charge >= 0.3 is 0 Å². The van der Waals surface area contributed by atoms with E-state index in [0.717, 1.165) is 35.6 Å². The topological polar surface area (TPSA) is 55.0 Å². The molecule has 5 heteroatoms. The minimum Gasteiger partial charge on any atom is -0.325 e. The van der Waals surface area contributed by atoms with Crippen molar-refractivity contribution in [1.29, 1.82) is 0 Å². The Labute approximate surface area is 111 Å². The number of nitrogens with zero attached hydrogens (tertiary/aromatic N) is 3. The normalized spacial score (nSPS) is 13.7. The van der Waals surface area contributed by atoms with E-state index in [9.17, 15) is 4.39 Å². The Balaban J connectivity index is 2.06. The van der Waals surface area contributed by atoms with E-state index in [2.05, 4.69) is 9.97 Å². The van der Waals surface area contributed by atoms with Crippen LogP contribution < -0.4 is 10.6 Å². The first kappa shape index (κ1) is 12.0. The number of nitrogens with two attached hydrogens (primary N) is 1. The van der Waals surface area contributed by atoms with Crippen LogP contribution >= 0.6 is 0 Å². The lowest BCUT2D eigenvalue weighted by molar-refractivity contribution is 0.628. The zero-order chi connectivity index (χ0) is 13.4. The average molecular weight is 258 g/mol. The molecule has 0 unspecified atom stereocenters. The lowest BCUT2D eigenvalue weighted by Gasteiger charge is -2.18. The van der Waals surface area contributed by atoms with Crippen molar-refractivity contribution in [1.82, 2.24) is 9.97 Å². The molecule has 1 aliphatic rings. The van der Waals surface area contributed by atoms with Crippen LogP contribution in [0, 0.1) is 12.7 Å². The molecule has 2 heterocycles. The maximum atomic E-state index is 13.4. The molecule has 0 fully saturated rings. The van der Waals surface area contributed by atoms with Gasteiger partial charge in [0.25, 0.3) is 0 Å². The predicted molar refractivity (Wildman–Crippen MR) is 71.8 cm³/mol. The van der Waals surface area contributed by atoms with Crippen molar-refractivity contribution in [3.05, 3.63) is 47.0 Å². The molecule has 3 rings (SSSR count). The van der Waals surface area contributed by atoms with Crippen LogP contribution in [0.1, 0.15) is 17.0 Å². The van der Waals surface area contributed by atoms with E-state index in [-0.39, 0.29) is 5.82 Å². The van der Waals surface area contributed by atoms with Gasteiger partial charge in [-0.3, -0.25) is 0 Å². The highest BCUT2D eigenvalue weighted by atomic mass is 19.1. The largest absolute Gasteiger partial charge is 0.325 e. The van der Waals surface area contributed by atoms with E-state index in [1.807, 2.05) is 24.0 Å². The van der Waals surface area contributed by atoms with Gasteiger partial charge in [-0.1, -0.05) is 6.07 Å². The number of anilines is 2. The summed E-state index contributed by atoms with van der Waals surface area (Å²) in [7, 11) is 0. The number of aromatic nitrogens is 2. The molecule has 0 radical (unpaired) electrons. The molecule has 0 saturated heterocycles. The Bertz CT molecular complexity index is 627. The van der Waals surface area contributed by atoms with Crippen molar-refractivity contribution < 1.29 is 4.39 Å². The number of hydrogen-bond acceptors (Lipinski definition) is 4. The van der Waals surface area contributed by atoms with Crippen LogP contribution in [-0.2, 0) is 13.0 Å². The van der Waals surface area contributed by atoms with Crippen molar-refractivity contribution >= 4 is 11.6 Å². The van der Waals surface area contributed by atoms with Crippen molar-refractivity contribution in [2.24, 2.45) is 5.73 Å². The molecule has 0 atom stereocenters. The molecule has 0 amide bonds. The Morgan fingerprint density at radius 1 is 1.32 bits per heavy atom. The number of fused-ring (bicyclic) bond motifs is 1. The van der Waals surface area contributed by atoms with Gasteiger partial charge in [0.1, 0.15) is 5.82 Å². The third-order valence-electron chi connectivity index (χ3n) is 3.29. The minimum absolute atomic E-state index is 0.239. The Kier molecular flexibility index (Phi) is 2.91. The Morgan fingerprint density at radius 3 is 2.95 bits per heavy atom. The van der Waals surface area contributed by atoms with E-state index < -0.39 is 0 Å². The van der Waals surface area contributed by atoms with Gasteiger partial charge in [-0.15, -0.1) is 0 Å². The summed E-state index contributed by atoms with van der Waals surface area (Å²) in [5.41, 5.74) is 9.29. The molecule has 0 aliphatic carbocycles. The number of rotatable bonds is 2. The molecule has 98 valence electrons.